The van der Waals surface area contributed by atoms with E-state index in [0.29, 0.717) is 30.1 Å². The number of aliphatic imine (C=N–C) groups is 1. The molecule has 6 nitrogen and oxygen atoms in total. The van der Waals surface area contributed by atoms with Crippen molar-refractivity contribution < 1.29 is 13.2 Å². The fraction of sp³-hybridized carbons (Fsp3) is 0.941. The van der Waals surface area contributed by atoms with E-state index in [-0.39, 0.29) is 35.5 Å². The van der Waals surface area contributed by atoms with Gasteiger partial charge in [-0.2, -0.15) is 0 Å². The fourth-order valence-electron chi connectivity index (χ4n) is 4.05. The lowest BCUT2D eigenvalue weighted by Gasteiger charge is -2.47. The van der Waals surface area contributed by atoms with Crippen molar-refractivity contribution in [2.45, 2.75) is 69.1 Å². The Kier molecular flexibility index (Phi) is 6.20. The first-order valence-electron chi connectivity index (χ1n) is 9.44. The number of nitrogens with one attached hydrogen (secondary N) is 2. The van der Waals surface area contributed by atoms with E-state index in [2.05, 4.69) is 10.6 Å². The van der Waals surface area contributed by atoms with Crippen LogP contribution in [-0.4, -0.2) is 56.7 Å². The Morgan fingerprint density at radius 2 is 1.88 bits per heavy atom. The average molecular weight is 483 g/mol. The second-order valence-corrected chi connectivity index (χ2v) is 10.3. The zero-order chi connectivity index (χ0) is 16.6. The van der Waals surface area contributed by atoms with Crippen molar-refractivity contribution in [2.75, 3.05) is 24.7 Å². The average Bonchev–Trinajstić information content (AvgIpc) is 3.26. The largest absolute Gasteiger partial charge is 0.375 e. The van der Waals surface area contributed by atoms with E-state index in [9.17, 15) is 8.42 Å². The zero-order valence-electron chi connectivity index (χ0n) is 14.7. The summed E-state index contributed by atoms with van der Waals surface area (Å²) < 4.78 is 29.2. The maximum absolute atomic E-state index is 11.6. The van der Waals surface area contributed by atoms with Crippen LogP contribution >= 0.6 is 24.0 Å². The molecule has 2 unspecified atom stereocenters. The molecule has 0 bridgehead atoms. The third-order valence-corrected chi connectivity index (χ3v) is 7.69. The van der Waals surface area contributed by atoms with E-state index in [4.69, 9.17) is 9.73 Å². The molecule has 2 N–H and O–H groups in total. The molecule has 4 rings (SSSR count). The molecule has 144 valence electrons. The van der Waals surface area contributed by atoms with Gasteiger partial charge in [0, 0.05) is 25.2 Å². The van der Waals surface area contributed by atoms with Crippen LogP contribution in [0.15, 0.2) is 4.99 Å². The fourth-order valence-corrected chi connectivity index (χ4v) is 5.90. The van der Waals surface area contributed by atoms with Gasteiger partial charge >= 0.3 is 0 Å². The van der Waals surface area contributed by atoms with Crippen molar-refractivity contribution in [3.8, 4) is 0 Å². The Balaban J connectivity index is 0.00000182. The topological polar surface area (TPSA) is 79.8 Å². The van der Waals surface area contributed by atoms with Crippen LogP contribution in [0.2, 0.25) is 0 Å². The van der Waals surface area contributed by atoms with Crippen LogP contribution in [0.3, 0.4) is 0 Å². The highest BCUT2D eigenvalue weighted by Crippen LogP contribution is 2.42. The summed E-state index contributed by atoms with van der Waals surface area (Å²) in [6.45, 7) is 1.44. The van der Waals surface area contributed by atoms with Gasteiger partial charge in [0.1, 0.15) is 0 Å². The SMILES string of the molecule is I.O=S1(=O)CCC(CN=C(NC2CC2)NC2CCOC3(CCC3)C2)C1. The molecular formula is C17H30IN3O3S. The zero-order valence-corrected chi connectivity index (χ0v) is 17.9. The second kappa shape index (κ2) is 7.88. The molecular weight excluding hydrogens is 453 g/mol. The van der Waals surface area contributed by atoms with Gasteiger partial charge in [-0.25, -0.2) is 8.42 Å². The molecule has 2 aliphatic carbocycles. The van der Waals surface area contributed by atoms with Crippen LogP contribution in [-0.2, 0) is 14.6 Å². The number of ether oxygens (including phenoxy) is 1. The van der Waals surface area contributed by atoms with Crippen LogP contribution < -0.4 is 10.6 Å². The van der Waals surface area contributed by atoms with Gasteiger partial charge in [0.25, 0.3) is 0 Å². The number of hydrogen-bond acceptors (Lipinski definition) is 4. The quantitative estimate of drug-likeness (QED) is 0.363. The van der Waals surface area contributed by atoms with Crippen LogP contribution in [0, 0.1) is 5.92 Å². The van der Waals surface area contributed by atoms with Crippen molar-refractivity contribution >= 4 is 39.8 Å². The maximum atomic E-state index is 11.6. The first kappa shape index (κ1) is 19.7. The first-order valence-corrected chi connectivity index (χ1v) is 11.3. The van der Waals surface area contributed by atoms with Gasteiger partial charge in [-0.1, -0.05) is 0 Å². The standard InChI is InChI=1S/C17H29N3O3S.HI/c21-24(22)9-5-13(12-24)11-18-16(19-14-2-3-14)20-15-4-8-23-17(10-15)6-1-7-17;/h13-15H,1-12H2,(H2,18,19,20);1H. The molecule has 0 radical (unpaired) electrons. The minimum atomic E-state index is -2.82. The third kappa shape index (κ3) is 5.22. The molecule has 0 aromatic rings. The number of sulfone groups is 1. The van der Waals surface area contributed by atoms with Gasteiger partial charge in [0.15, 0.2) is 15.8 Å². The lowest BCUT2D eigenvalue weighted by Crippen LogP contribution is -2.54. The molecule has 2 saturated heterocycles. The monoisotopic (exact) mass is 483 g/mol. The van der Waals surface area contributed by atoms with Crippen LogP contribution in [0.1, 0.15) is 51.4 Å². The number of nitrogens with zero attached hydrogens (tertiary/aromatic N) is 1. The van der Waals surface area contributed by atoms with Gasteiger partial charge in [-0.05, 0) is 57.3 Å². The van der Waals surface area contributed by atoms with E-state index in [0.717, 1.165) is 31.8 Å². The predicted octanol–water partition coefficient (Wildman–Crippen LogP) is 1.84. The molecule has 4 aliphatic rings. The Morgan fingerprint density at radius 3 is 2.48 bits per heavy atom. The highest BCUT2D eigenvalue weighted by molar-refractivity contribution is 14.0. The van der Waals surface area contributed by atoms with Gasteiger partial charge < -0.3 is 15.4 Å². The van der Waals surface area contributed by atoms with Crippen molar-refractivity contribution in [1.82, 2.24) is 10.6 Å². The summed E-state index contributed by atoms with van der Waals surface area (Å²) in [6.07, 6.45) is 8.90. The van der Waals surface area contributed by atoms with Gasteiger partial charge in [-0.3, -0.25) is 4.99 Å². The summed E-state index contributed by atoms with van der Waals surface area (Å²) in [7, 11) is -2.82. The third-order valence-electron chi connectivity index (χ3n) is 5.85. The summed E-state index contributed by atoms with van der Waals surface area (Å²) in [5.41, 5.74) is 0.125. The normalized spacial score (nSPS) is 33.4. The molecule has 2 heterocycles. The molecule has 0 aromatic carbocycles. The van der Waals surface area contributed by atoms with Crippen LogP contribution in [0.4, 0.5) is 0 Å². The van der Waals surface area contributed by atoms with Crippen molar-refractivity contribution in [3.63, 3.8) is 0 Å². The van der Waals surface area contributed by atoms with E-state index in [1.807, 2.05) is 0 Å². The van der Waals surface area contributed by atoms with Crippen LogP contribution in [0.25, 0.3) is 0 Å². The maximum Gasteiger partial charge on any atom is 0.191 e. The van der Waals surface area contributed by atoms with E-state index in [1.165, 1.54) is 32.1 Å². The number of guanidine groups is 1. The van der Waals surface area contributed by atoms with E-state index >= 15 is 0 Å². The van der Waals surface area contributed by atoms with Gasteiger partial charge in [-0.15, -0.1) is 24.0 Å². The number of hydrogen-bond donors (Lipinski definition) is 2. The van der Waals surface area contributed by atoms with E-state index < -0.39 is 9.84 Å². The smallest absolute Gasteiger partial charge is 0.191 e. The lowest BCUT2D eigenvalue weighted by atomic mass is 9.74. The van der Waals surface area contributed by atoms with Crippen LogP contribution in [0.5, 0.6) is 0 Å². The first-order chi connectivity index (χ1) is 11.5. The number of halogens is 1. The Labute approximate surface area is 167 Å². The van der Waals surface area contributed by atoms with Crippen molar-refractivity contribution in [2.24, 2.45) is 10.9 Å². The molecule has 1 spiro atoms. The number of rotatable bonds is 4. The minimum Gasteiger partial charge on any atom is -0.375 e. The molecule has 2 atom stereocenters. The summed E-state index contributed by atoms with van der Waals surface area (Å²) in [5, 5.41) is 7.10. The Bertz CT molecular complexity index is 602. The summed E-state index contributed by atoms with van der Waals surface area (Å²) >= 11 is 0. The Morgan fingerprint density at radius 1 is 1.12 bits per heavy atom. The molecule has 4 fully saturated rings. The second-order valence-electron chi connectivity index (χ2n) is 8.10. The highest BCUT2D eigenvalue weighted by atomic mass is 127. The summed E-state index contributed by atoms with van der Waals surface area (Å²) in [4.78, 5) is 4.73. The molecule has 0 amide bonds. The van der Waals surface area contributed by atoms with Crippen molar-refractivity contribution in [3.05, 3.63) is 0 Å². The summed E-state index contributed by atoms with van der Waals surface area (Å²) in [5.74, 6) is 1.69. The molecule has 2 saturated carbocycles. The molecule has 2 aliphatic heterocycles. The highest BCUT2D eigenvalue weighted by Gasteiger charge is 2.42. The molecule has 8 heteroatoms. The minimum absolute atomic E-state index is 0. The van der Waals surface area contributed by atoms with Gasteiger partial charge in [0.2, 0.25) is 0 Å². The van der Waals surface area contributed by atoms with E-state index in [1.54, 1.807) is 0 Å². The lowest BCUT2D eigenvalue weighted by molar-refractivity contribution is -0.134. The predicted molar refractivity (Wildman–Crippen MR) is 109 cm³/mol. The summed E-state index contributed by atoms with van der Waals surface area (Å²) in [6, 6.07) is 0.956. The van der Waals surface area contributed by atoms with Crippen molar-refractivity contribution in [1.29, 1.82) is 0 Å². The molecule has 25 heavy (non-hydrogen) atoms. The Hall–Kier alpha value is -0.0900. The van der Waals surface area contributed by atoms with Gasteiger partial charge in [0.05, 0.1) is 17.1 Å². The molecule has 0 aromatic heterocycles.